The summed E-state index contributed by atoms with van der Waals surface area (Å²) in [5.41, 5.74) is 3.95. The molecule has 7 heteroatoms. The van der Waals surface area contributed by atoms with Gasteiger partial charge >= 0.3 is 0 Å². The smallest absolute Gasteiger partial charge is 0.281 e. The number of aromatic nitrogens is 5. The normalized spacial score (nSPS) is 11.3. The fourth-order valence-electron chi connectivity index (χ4n) is 2.18. The lowest BCUT2D eigenvalue weighted by Gasteiger charge is -2.04. The number of thiazole rings is 1. The van der Waals surface area contributed by atoms with Crippen LogP contribution >= 0.6 is 11.3 Å². The van der Waals surface area contributed by atoms with Gasteiger partial charge in [0.2, 0.25) is 0 Å². The molecule has 3 rings (SSSR count). The van der Waals surface area contributed by atoms with E-state index in [0.717, 1.165) is 18.5 Å². The summed E-state index contributed by atoms with van der Waals surface area (Å²) in [5.74, 6) is 0. The van der Waals surface area contributed by atoms with Crippen molar-refractivity contribution in [2.75, 3.05) is 0 Å². The van der Waals surface area contributed by atoms with Gasteiger partial charge in [-0.2, -0.15) is 5.10 Å². The Labute approximate surface area is 119 Å². The molecule has 6 nitrogen and oxygen atoms in total. The Morgan fingerprint density at radius 3 is 2.95 bits per heavy atom. The number of fused-ring (bicyclic) bond motifs is 1. The van der Waals surface area contributed by atoms with Crippen molar-refractivity contribution in [3.05, 3.63) is 39.0 Å². The molecule has 0 fully saturated rings. The summed E-state index contributed by atoms with van der Waals surface area (Å²) in [4.78, 5) is 22.0. The Kier molecular flexibility index (Phi) is 3.35. The van der Waals surface area contributed by atoms with E-state index >= 15 is 0 Å². The molecule has 3 aromatic heterocycles. The standard InChI is InChI=1S/C13H15N5OS/c1-9-11(20-8-15-9)4-3-5-18-7-14-10-6-17(2)16-12(10)13(18)19/h6-8H,3-5H2,1-2H3. The monoisotopic (exact) mass is 289 g/mol. The van der Waals surface area contributed by atoms with Gasteiger partial charge in [-0.1, -0.05) is 0 Å². The van der Waals surface area contributed by atoms with E-state index in [1.807, 2.05) is 12.4 Å². The Hall–Kier alpha value is -2.02. The zero-order valence-corrected chi connectivity index (χ0v) is 12.2. The first-order valence-electron chi connectivity index (χ1n) is 6.43. The Morgan fingerprint density at radius 1 is 1.35 bits per heavy atom. The lowest BCUT2D eigenvalue weighted by molar-refractivity contribution is 0.617. The minimum atomic E-state index is -0.0726. The van der Waals surface area contributed by atoms with Crippen molar-refractivity contribution in [1.29, 1.82) is 0 Å². The maximum atomic E-state index is 12.2. The molecule has 20 heavy (non-hydrogen) atoms. The first kappa shape index (κ1) is 13.0. The molecule has 0 N–H and O–H groups in total. The molecule has 0 saturated heterocycles. The predicted octanol–water partition coefficient (Wildman–Crippen LogP) is 1.53. The van der Waals surface area contributed by atoms with Gasteiger partial charge in [-0.15, -0.1) is 11.3 Å². The average molecular weight is 289 g/mol. The van der Waals surface area contributed by atoms with Gasteiger partial charge in [0.25, 0.3) is 5.56 Å². The number of aryl methyl sites for hydroxylation is 4. The molecule has 3 heterocycles. The second kappa shape index (κ2) is 5.16. The van der Waals surface area contributed by atoms with Crippen molar-refractivity contribution in [1.82, 2.24) is 24.3 Å². The highest BCUT2D eigenvalue weighted by Crippen LogP contribution is 2.14. The van der Waals surface area contributed by atoms with Gasteiger partial charge in [0.15, 0.2) is 5.52 Å². The van der Waals surface area contributed by atoms with E-state index in [2.05, 4.69) is 15.1 Å². The molecule has 0 atom stereocenters. The number of hydrogen-bond acceptors (Lipinski definition) is 5. The predicted molar refractivity (Wildman–Crippen MR) is 77.9 cm³/mol. The van der Waals surface area contributed by atoms with Crippen LogP contribution in [0.25, 0.3) is 11.0 Å². The third-order valence-corrected chi connectivity index (χ3v) is 4.25. The Balaban J connectivity index is 1.76. The molecule has 0 bridgehead atoms. The topological polar surface area (TPSA) is 65.6 Å². The summed E-state index contributed by atoms with van der Waals surface area (Å²) in [7, 11) is 1.79. The van der Waals surface area contributed by atoms with Crippen LogP contribution in [-0.2, 0) is 20.0 Å². The summed E-state index contributed by atoms with van der Waals surface area (Å²) < 4.78 is 3.25. The van der Waals surface area contributed by atoms with E-state index in [9.17, 15) is 4.79 Å². The van der Waals surface area contributed by atoms with Gasteiger partial charge in [-0.3, -0.25) is 14.0 Å². The van der Waals surface area contributed by atoms with Crippen molar-refractivity contribution in [3.63, 3.8) is 0 Å². The fraction of sp³-hybridized carbons (Fsp3) is 0.385. The van der Waals surface area contributed by atoms with Gasteiger partial charge in [0.1, 0.15) is 5.52 Å². The minimum Gasteiger partial charge on any atom is -0.297 e. The second-order valence-corrected chi connectivity index (χ2v) is 5.68. The summed E-state index contributed by atoms with van der Waals surface area (Å²) in [5, 5.41) is 4.16. The van der Waals surface area contributed by atoms with Gasteiger partial charge in [-0.25, -0.2) is 9.97 Å². The fourth-order valence-corrected chi connectivity index (χ4v) is 3.00. The molecule has 0 radical (unpaired) electrons. The maximum absolute atomic E-state index is 12.2. The van der Waals surface area contributed by atoms with Crippen LogP contribution in [0.4, 0.5) is 0 Å². The Bertz CT molecular complexity index is 801. The summed E-state index contributed by atoms with van der Waals surface area (Å²) in [6, 6.07) is 0. The maximum Gasteiger partial charge on any atom is 0.281 e. The minimum absolute atomic E-state index is 0.0726. The van der Waals surface area contributed by atoms with Crippen LogP contribution in [0.1, 0.15) is 17.0 Å². The highest BCUT2D eigenvalue weighted by molar-refractivity contribution is 7.09. The molecular weight excluding hydrogens is 274 g/mol. The first-order chi connectivity index (χ1) is 9.65. The number of hydrogen-bond donors (Lipinski definition) is 0. The van der Waals surface area contributed by atoms with Crippen LogP contribution in [0.15, 0.2) is 22.8 Å². The lowest BCUT2D eigenvalue weighted by atomic mass is 10.2. The largest absolute Gasteiger partial charge is 0.297 e. The lowest BCUT2D eigenvalue weighted by Crippen LogP contribution is -2.21. The molecule has 0 aliphatic carbocycles. The van der Waals surface area contributed by atoms with Crippen LogP contribution in [0.3, 0.4) is 0 Å². The van der Waals surface area contributed by atoms with Gasteiger partial charge in [0.05, 0.1) is 23.7 Å². The van der Waals surface area contributed by atoms with Gasteiger partial charge < -0.3 is 0 Å². The highest BCUT2D eigenvalue weighted by Gasteiger charge is 2.08. The summed E-state index contributed by atoms with van der Waals surface area (Å²) in [6.45, 7) is 2.66. The van der Waals surface area contributed by atoms with E-state index in [-0.39, 0.29) is 5.56 Å². The molecule has 0 aromatic carbocycles. The third-order valence-electron chi connectivity index (χ3n) is 3.26. The molecule has 104 valence electrons. The molecule has 0 spiro atoms. The van der Waals surface area contributed by atoms with Crippen molar-refractivity contribution in [3.8, 4) is 0 Å². The zero-order chi connectivity index (χ0) is 14.1. The van der Waals surface area contributed by atoms with E-state index < -0.39 is 0 Å². The van der Waals surface area contributed by atoms with Crippen molar-refractivity contribution in [2.24, 2.45) is 7.05 Å². The van der Waals surface area contributed by atoms with Gasteiger partial charge in [-0.05, 0) is 19.8 Å². The SMILES string of the molecule is Cc1ncsc1CCCn1cnc2cn(C)nc2c1=O. The first-order valence-corrected chi connectivity index (χ1v) is 7.31. The van der Waals surface area contributed by atoms with E-state index in [1.165, 1.54) is 4.88 Å². The van der Waals surface area contributed by atoms with Crippen LogP contribution < -0.4 is 5.56 Å². The number of nitrogens with zero attached hydrogens (tertiary/aromatic N) is 5. The molecule has 0 amide bonds. The zero-order valence-electron chi connectivity index (χ0n) is 11.4. The third kappa shape index (κ3) is 2.36. The molecule has 0 saturated carbocycles. The van der Waals surface area contributed by atoms with E-state index in [0.29, 0.717) is 17.6 Å². The molecule has 3 aromatic rings. The van der Waals surface area contributed by atoms with Crippen molar-refractivity contribution < 1.29 is 0 Å². The van der Waals surface area contributed by atoms with E-state index in [4.69, 9.17) is 0 Å². The summed E-state index contributed by atoms with van der Waals surface area (Å²) in [6.07, 6.45) is 5.18. The van der Waals surface area contributed by atoms with Crippen molar-refractivity contribution in [2.45, 2.75) is 26.3 Å². The summed E-state index contributed by atoms with van der Waals surface area (Å²) >= 11 is 1.66. The number of rotatable bonds is 4. The van der Waals surface area contributed by atoms with Crippen LogP contribution in [0.5, 0.6) is 0 Å². The quantitative estimate of drug-likeness (QED) is 0.730. The highest BCUT2D eigenvalue weighted by atomic mass is 32.1. The molecular formula is C13H15N5OS. The molecule has 0 aliphatic rings. The van der Waals surface area contributed by atoms with Crippen LogP contribution in [-0.4, -0.2) is 24.3 Å². The average Bonchev–Trinajstić information content (AvgIpc) is 2.99. The van der Waals surface area contributed by atoms with Crippen LogP contribution in [0.2, 0.25) is 0 Å². The van der Waals surface area contributed by atoms with E-state index in [1.54, 1.807) is 40.2 Å². The molecule has 0 aliphatic heterocycles. The molecule has 0 unspecified atom stereocenters. The Morgan fingerprint density at radius 2 is 2.20 bits per heavy atom. The second-order valence-electron chi connectivity index (χ2n) is 4.74. The van der Waals surface area contributed by atoms with Crippen LogP contribution in [0, 0.1) is 6.92 Å². The van der Waals surface area contributed by atoms with Crippen molar-refractivity contribution >= 4 is 22.4 Å². The van der Waals surface area contributed by atoms with Gasteiger partial charge in [0, 0.05) is 18.5 Å².